The van der Waals surface area contributed by atoms with E-state index in [1.165, 1.54) is 19.2 Å². The van der Waals surface area contributed by atoms with Gasteiger partial charge in [0.1, 0.15) is 0 Å². The minimum Gasteiger partial charge on any atom is -0.481 e. The molecule has 4 aliphatic rings. The van der Waals surface area contributed by atoms with Crippen LogP contribution in [0.15, 0.2) is 60.2 Å². The molecule has 2 aliphatic carbocycles. The number of Topliss-reactive ketones (excluding diaryl/α,β-unsaturated/α-hetero) is 2. The number of esters is 1. The lowest BCUT2D eigenvalue weighted by Crippen LogP contribution is -2.50. The maximum Gasteiger partial charge on any atom is 0.416 e. The first-order chi connectivity index (χ1) is 34.1. The van der Waals surface area contributed by atoms with E-state index in [-0.39, 0.29) is 78.3 Å². The first-order valence-corrected chi connectivity index (χ1v) is 23.9. The molecular formula is C52H56F6N4O10. The van der Waals surface area contributed by atoms with Crippen LogP contribution in [0.2, 0.25) is 0 Å². The third kappa shape index (κ3) is 14.4. The lowest BCUT2D eigenvalue weighted by Gasteiger charge is -2.35. The number of methoxy groups -OCH3 is 1. The number of carbonyl (C=O) groups is 8. The fraction of sp³-hybridized carbons (Fsp3) is 0.462. The molecule has 0 atom stereocenters. The highest BCUT2D eigenvalue weighted by Gasteiger charge is 2.37. The van der Waals surface area contributed by atoms with E-state index in [9.17, 15) is 64.7 Å². The number of carboxylic acid groups (broad SMARTS) is 1. The summed E-state index contributed by atoms with van der Waals surface area (Å²) in [5, 5.41) is 8.69. The second-order valence-corrected chi connectivity index (χ2v) is 18.1. The van der Waals surface area contributed by atoms with Gasteiger partial charge in [0.2, 0.25) is 11.8 Å². The summed E-state index contributed by atoms with van der Waals surface area (Å²) in [7, 11) is 1.36. The van der Waals surface area contributed by atoms with E-state index in [0.717, 1.165) is 30.0 Å². The Hall–Kier alpha value is -6.86. The lowest BCUT2D eigenvalue weighted by molar-refractivity contribution is -0.143. The topological polar surface area (TPSA) is 179 Å². The predicted octanol–water partition coefficient (Wildman–Crippen LogP) is 8.09. The summed E-state index contributed by atoms with van der Waals surface area (Å²) in [5.74, 6) is -1.93. The molecular weight excluding hydrogens is 955 g/mol. The number of hydrogen-bond donors (Lipinski definition) is 1. The normalized spacial score (nSPS) is 16.6. The Bertz CT molecular complexity index is 2560. The van der Waals surface area contributed by atoms with E-state index in [1.807, 2.05) is 6.07 Å². The van der Waals surface area contributed by atoms with E-state index in [1.54, 1.807) is 37.8 Å². The molecule has 2 saturated heterocycles. The van der Waals surface area contributed by atoms with Crippen molar-refractivity contribution >= 4 is 53.2 Å². The molecule has 0 radical (unpaired) electrons. The highest BCUT2D eigenvalue weighted by Crippen LogP contribution is 2.38. The number of amides is 4. The van der Waals surface area contributed by atoms with Crippen LogP contribution in [0, 0.1) is 0 Å². The fourth-order valence-corrected chi connectivity index (χ4v) is 9.09. The number of rotatable bonds is 13. The van der Waals surface area contributed by atoms with Crippen LogP contribution >= 0.6 is 0 Å². The van der Waals surface area contributed by atoms with Gasteiger partial charge in [0, 0.05) is 112 Å². The second kappa shape index (κ2) is 24.0. The number of ketones is 2. The first-order valence-electron chi connectivity index (χ1n) is 23.9. The zero-order valence-electron chi connectivity index (χ0n) is 39.8. The third-order valence-electron chi connectivity index (χ3n) is 13.1. The van der Waals surface area contributed by atoms with E-state index < -0.39 is 40.8 Å². The van der Waals surface area contributed by atoms with Crippen molar-refractivity contribution in [2.24, 2.45) is 0 Å². The van der Waals surface area contributed by atoms with Crippen LogP contribution in [0.5, 0.6) is 0 Å². The number of halogens is 6. The van der Waals surface area contributed by atoms with E-state index in [4.69, 9.17) is 5.11 Å². The van der Waals surface area contributed by atoms with Crippen LogP contribution in [0.3, 0.4) is 0 Å². The summed E-state index contributed by atoms with van der Waals surface area (Å²) in [4.78, 5) is 104. The summed E-state index contributed by atoms with van der Waals surface area (Å²) in [6.45, 7) is 3.28. The number of allylic oxidation sites excluding steroid dienone is 1. The number of fused-ring (bicyclic) bond motifs is 2. The van der Waals surface area contributed by atoms with Gasteiger partial charge in [-0.05, 0) is 123 Å². The molecule has 14 nitrogen and oxygen atoms in total. The van der Waals surface area contributed by atoms with Crippen molar-refractivity contribution in [3.8, 4) is 0 Å². The molecule has 2 heterocycles. The maximum absolute atomic E-state index is 13.2. The van der Waals surface area contributed by atoms with Crippen LogP contribution in [0.4, 0.5) is 26.3 Å². The van der Waals surface area contributed by atoms with Crippen molar-refractivity contribution < 1.29 is 74.5 Å². The molecule has 3 aromatic rings. The van der Waals surface area contributed by atoms with Crippen molar-refractivity contribution in [2.75, 3.05) is 59.5 Å². The zero-order valence-corrected chi connectivity index (χ0v) is 39.8. The second-order valence-electron chi connectivity index (χ2n) is 18.1. The molecule has 0 saturated carbocycles. The monoisotopic (exact) mass is 1010 g/mol. The highest BCUT2D eigenvalue weighted by molar-refractivity contribution is 6.13. The number of hydrogen-bond acceptors (Lipinski definition) is 9. The van der Waals surface area contributed by atoms with Gasteiger partial charge in [-0.3, -0.25) is 38.4 Å². The van der Waals surface area contributed by atoms with Gasteiger partial charge in [-0.1, -0.05) is 6.07 Å². The summed E-state index contributed by atoms with van der Waals surface area (Å²) in [6.07, 6.45) is -3.28. The van der Waals surface area contributed by atoms with Gasteiger partial charge in [-0.25, -0.2) is 0 Å². The van der Waals surface area contributed by atoms with Crippen molar-refractivity contribution in [1.29, 1.82) is 0 Å². The average Bonchev–Trinajstić information content (AvgIpc) is 3.36. The molecule has 20 heteroatoms. The number of carbonyl (C=O) groups excluding carboxylic acids is 7. The predicted molar refractivity (Wildman–Crippen MR) is 249 cm³/mol. The smallest absolute Gasteiger partial charge is 0.416 e. The summed E-state index contributed by atoms with van der Waals surface area (Å²) in [5.41, 5.74) is 0.133. The van der Waals surface area contributed by atoms with Crippen molar-refractivity contribution in [2.45, 2.75) is 95.8 Å². The Balaban J connectivity index is 0.000000254. The molecule has 7 rings (SSSR count). The van der Waals surface area contributed by atoms with Crippen LogP contribution in [-0.4, -0.2) is 131 Å². The molecule has 386 valence electrons. The highest BCUT2D eigenvalue weighted by atomic mass is 19.4. The molecule has 1 N–H and O–H groups in total. The minimum atomic E-state index is -5.01. The molecule has 3 aromatic carbocycles. The van der Waals surface area contributed by atoms with E-state index in [2.05, 4.69) is 4.74 Å². The number of nitrogens with zero attached hydrogens (tertiary/aromatic N) is 4. The number of aliphatic carboxylic acids is 1. The number of ether oxygens (including phenoxy) is 1. The number of unbranched alkanes of at least 4 members (excludes halogenated alkanes) is 2. The number of benzene rings is 3. The maximum atomic E-state index is 13.2. The lowest BCUT2D eigenvalue weighted by atomic mass is 9.84. The SMILES string of the molecule is COC(=O)CCCCC(=O)N1CCN(C(=O)c2ccc3c(c2)CCCC3=O)CC1.O=C(O)CCCCC(=O)N1CCN(C(=O)c2ccc3c(c2)CC/C(=C\c2cc(C(F)(F)F)cc(C(F)(F)F)c2)C3=O)CC1. The largest absolute Gasteiger partial charge is 0.481 e. The van der Waals surface area contributed by atoms with Crippen LogP contribution in [0.1, 0.15) is 140 Å². The molecule has 2 aliphatic heterocycles. The third-order valence-corrected chi connectivity index (χ3v) is 13.1. The molecule has 0 unspecified atom stereocenters. The van der Waals surface area contributed by atoms with E-state index >= 15 is 0 Å². The Labute approximate surface area is 411 Å². The number of alkyl halides is 6. The Morgan fingerprint density at radius 3 is 1.51 bits per heavy atom. The summed E-state index contributed by atoms with van der Waals surface area (Å²) < 4.78 is 84.0. The van der Waals surface area contributed by atoms with Gasteiger partial charge in [0.25, 0.3) is 11.8 Å². The van der Waals surface area contributed by atoms with Gasteiger partial charge >= 0.3 is 24.3 Å². The van der Waals surface area contributed by atoms with Crippen molar-refractivity contribution in [3.63, 3.8) is 0 Å². The molecule has 0 bridgehead atoms. The van der Waals surface area contributed by atoms with Crippen molar-refractivity contribution in [3.05, 3.63) is 110 Å². The van der Waals surface area contributed by atoms with Crippen LogP contribution in [0.25, 0.3) is 6.08 Å². The van der Waals surface area contributed by atoms with Crippen molar-refractivity contribution in [1.82, 2.24) is 19.6 Å². The zero-order chi connectivity index (χ0) is 52.3. The average molecular weight is 1010 g/mol. The van der Waals surface area contributed by atoms with Gasteiger partial charge < -0.3 is 29.4 Å². The van der Waals surface area contributed by atoms with Gasteiger partial charge in [0.05, 0.1) is 18.2 Å². The summed E-state index contributed by atoms with van der Waals surface area (Å²) >= 11 is 0. The molecule has 0 aromatic heterocycles. The van der Waals surface area contributed by atoms with E-state index in [0.29, 0.717) is 126 Å². The molecule has 2 fully saturated rings. The van der Waals surface area contributed by atoms with Gasteiger partial charge in [0.15, 0.2) is 11.6 Å². The Morgan fingerprint density at radius 2 is 1.03 bits per heavy atom. The van der Waals surface area contributed by atoms with Crippen LogP contribution < -0.4 is 0 Å². The van der Waals surface area contributed by atoms with Crippen LogP contribution in [-0.2, 0) is 49.1 Å². The minimum absolute atomic E-state index is 0.00182. The van der Waals surface area contributed by atoms with Gasteiger partial charge in [-0.15, -0.1) is 0 Å². The summed E-state index contributed by atoms with van der Waals surface area (Å²) in [6, 6.07) is 11.0. The molecule has 4 amide bonds. The number of aryl methyl sites for hydroxylation is 2. The first kappa shape index (κ1) is 54.5. The Kier molecular flexibility index (Phi) is 18.2. The fourth-order valence-electron chi connectivity index (χ4n) is 9.09. The standard InChI is InChI=1S/C30H28F6N2O5.C22H28N2O5/c31-29(32,33)22-14-18(15-23(17-22)30(34,35)36)13-20-6-5-19-16-21(7-8-24(19)27(20)42)28(43)38-11-9-37(10-12-38)25(39)3-1-2-4-26(40)41;1-29-21(27)8-3-2-7-20(26)23-11-13-24(14-12-23)22(28)17-9-10-18-16(15-17)5-4-6-19(18)25/h7-8,13-17H,1-6,9-12H2,(H,40,41);9-10,15H,2-8,11-14H2,1H3/b20-13+;. The number of piperazine rings is 2. The molecule has 0 spiro atoms. The number of carboxylic acids is 1. The van der Waals surface area contributed by atoms with Gasteiger partial charge in [-0.2, -0.15) is 26.3 Å². The molecule has 72 heavy (non-hydrogen) atoms. The quantitative estimate of drug-likeness (QED) is 0.0762. The Morgan fingerprint density at radius 1 is 0.569 bits per heavy atom.